The summed E-state index contributed by atoms with van der Waals surface area (Å²) < 4.78 is 54.0. The van der Waals surface area contributed by atoms with Crippen LogP contribution in [-0.2, 0) is 11.8 Å². The van der Waals surface area contributed by atoms with E-state index in [4.69, 9.17) is 5.73 Å². The highest BCUT2D eigenvalue weighted by molar-refractivity contribution is 6.00. The van der Waals surface area contributed by atoms with Gasteiger partial charge in [-0.2, -0.15) is 18.3 Å². The number of urea groups is 1. The standard InChI is InChI=1S/C23H20F4N6O2/c1-22(2,35)18-10-15(19-20(28)29-11-30-33(18)19)12-3-6-14(7-4-12)31-21(34)32-17-9-13(23(25,26)27)5-8-16(17)24/h3-11,35H,1-2H3,(H2,28,29,30)(H2,31,32,34). The van der Waals surface area contributed by atoms with Crippen molar-refractivity contribution in [3.63, 3.8) is 0 Å². The third kappa shape index (κ3) is 4.87. The number of nitrogens with two attached hydrogens (primary N) is 1. The molecule has 0 saturated carbocycles. The summed E-state index contributed by atoms with van der Waals surface area (Å²) in [7, 11) is 0. The molecule has 2 aromatic carbocycles. The Hall–Kier alpha value is -4.19. The Morgan fingerprint density at radius 1 is 1.06 bits per heavy atom. The first kappa shape index (κ1) is 24.0. The zero-order chi connectivity index (χ0) is 25.5. The van der Waals surface area contributed by atoms with E-state index in [0.29, 0.717) is 46.2 Å². The van der Waals surface area contributed by atoms with Crippen LogP contribution in [0.25, 0.3) is 16.6 Å². The number of hydrogen-bond acceptors (Lipinski definition) is 5. The molecule has 0 aliphatic rings. The van der Waals surface area contributed by atoms with Gasteiger partial charge in [-0.1, -0.05) is 12.1 Å². The van der Waals surface area contributed by atoms with Crippen LogP contribution in [0.5, 0.6) is 0 Å². The van der Waals surface area contributed by atoms with E-state index in [0.717, 1.165) is 0 Å². The molecule has 4 rings (SSSR count). The zero-order valence-corrected chi connectivity index (χ0v) is 18.5. The van der Waals surface area contributed by atoms with Gasteiger partial charge in [0.25, 0.3) is 0 Å². The molecule has 0 unspecified atom stereocenters. The Balaban J connectivity index is 1.57. The number of anilines is 3. The number of nitrogens with zero attached hydrogens (tertiary/aromatic N) is 3. The third-order valence-corrected chi connectivity index (χ3v) is 5.21. The molecule has 2 amide bonds. The summed E-state index contributed by atoms with van der Waals surface area (Å²) in [6, 6.07) is 8.96. The number of nitrogens with one attached hydrogen (secondary N) is 2. The molecule has 0 radical (unpaired) electrons. The number of hydrogen-bond donors (Lipinski definition) is 4. The Morgan fingerprint density at radius 2 is 1.74 bits per heavy atom. The number of alkyl halides is 3. The zero-order valence-electron chi connectivity index (χ0n) is 18.5. The van der Waals surface area contributed by atoms with Crippen molar-refractivity contribution in [1.29, 1.82) is 0 Å². The summed E-state index contributed by atoms with van der Waals surface area (Å²) in [6.45, 7) is 3.21. The van der Waals surface area contributed by atoms with E-state index >= 15 is 0 Å². The van der Waals surface area contributed by atoms with E-state index in [2.05, 4.69) is 20.7 Å². The van der Waals surface area contributed by atoms with E-state index < -0.39 is 34.9 Å². The Bertz CT molecular complexity index is 1410. The van der Waals surface area contributed by atoms with Gasteiger partial charge in [-0.3, -0.25) is 0 Å². The molecule has 2 heterocycles. The van der Waals surface area contributed by atoms with Gasteiger partial charge in [0.05, 0.1) is 16.9 Å². The van der Waals surface area contributed by atoms with Crippen molar-refractivity contribution >= 4 is 28.7 Å². The first-order chi connectivity index (χ1) is 16.3. The predicted molar refractivity (Wildman–Crippen MR) is 122 cm³/mol. The quantitative estimate of drug-likeness (QED) is 0.301. The third-order valence-electron chi connectivity index (χ3n) is 5.21. The Labute approximate surface area is 196 Å². The molecule has 0 atom stereocenters. The topological polar surface area (TPSA) is 118 Å². The molecule has 0 fully saturated rings. The molecular weight excluding hydrogens is 468 g/mol. The van der Waals surface area contributed by atoms with Gasteiger partial charge in [-0.25, -0.2) is 18.7 Å². The summed E-state index contributed by atoms with van der Waals surface area (Å²) in [4.78, 5) is 16.3. The van der Waals surface area contributed by atoms with Gasteiger partial charge in [0, 0.05) is 11.3 Å². The molecule has 35 heavy (non-hydrogen) atoms. The van der Waals surface area contributed by atoms with Crippen LogP contribution in [-0.4, -0.2) is 25.7 Å². The van der Waals surface area contributed by atoms with Gasteiger partial charge in [0.1, 0.15) is 23.3 Å². The van der Waals surface area contributed by atoms with E-state index in [-0.39, 0.29) is 5.82 Å². The van der Waals surface area contributed by atoms with Crippen molar-refractivity contribution in [2.24, 2.45) is 0 Å². The fourth-order valence-electron chi connectivity index (χ4n) is 3.54. The molecular formula is C23H20F4N6O2. The molecule has 0 bridgehead atoms. The van der Waals surface area contributed by atoms with Crippen LogP contribution in [0.1, 0.15) is 25.1 Å². The molecule has 4 aromatic rings. The van der Waals surface area contributed by atoms with Crippen LogP contribution < -0.4 is 16.4 Å². The number of aromatic nitrogens is 3. The van der Waals surface area contributed by atoms with Gasteiger partial charge in [-0.15, -0.1) is 0 Å². The van der Waals surface area contributed by atoms with Crippen LogP contribution in [0.2, 0.25) is 0 Å². The number of nitrogen functional groups attached to an aromatic ring is 1. The molecule has 0 aliphatic carbocycles. The fraction of sp³-hybridized carbons (Fsp3) is 0.174. The second-order valence-corrected chi connectivity index (χ2v) is 8.26. The van der Waals surface area contributed by atoms with Crippen molar-refractivity contribution in [2.45, 2.75) is 25.6 Å². The largest absolute Gasteiger partial charge is 0.416 e. The maximum Gasteiger partial charge on any atom is 0.416 e. The molecule has 2 aromatic heterocycles. The number of halogens is 4. The van der Waals surface area contributed by atoms with E-state index in [1.807, 2.05) is 0 Å². The van der Waals surface area contributed by atoms with Crippen LogP contribution in [0.4, 0.5) is 39.5 Å². The molecule has 12 heteroatoms. The highest BCUT2D eigenvalue weighted by Gasteiger charge is 2.31. The first-order valence-corrected chi connectivity index (χ1v) is 10.2. The average Bonchev–Trinajstić information content (AvgIpc) is 3.17. The number of rotatable bonds is 4. The van der Waals surface area contributed by atoms with Crippen molar-refractivity contribution in [1.82, 2.24) is 14.6 Å². The van der Waals surface area contributed by atoms with Gasteiger partial charge in [0.15, 0.2) is 5.82 Å². The highest BCUT2D eigenvalue weighted by atomic mass is 19.4. The predicted octanol–water partition coefficient (Wildman–Crippen LogP) is 5.01. The lowest BCUT2D eigenvalue weighted by Gasteiger charge is -2.16. The van der Waals surface area contributed by atoms with Gasteiger partial charge in [0.2, 0.25) is 0 Å². The van der Waals surface area contributed by atoms with Gasteiger partial charge < -0.3 is 21.5 Å². The number of amides is 2. The summed E-state index contributed by atoms with van der Waals surface area (Å²) in [6.07, 6.45) is -3.40. The number of carbonyl (C=O) groups excluding carboxylic acids is 1. The van der Waals surface area contributed by atoms with Crippen LogP contribution >= 0.6 is 0 Å². The normalized spacial score (nSPS) is 12.1. The Kier molecular flexibility index (Phi) is 5.85. The summed E-state index contributed by atoms with van der Waals surface area (Å²) in [5.41, 5.74) is 5.72. The summed E-state index contributed by atoms with van der Waals surface area (Å²) in [5, 5.41) is 19.2. The second-order valence-electron chi connectivity index (χ2n) is 8.26. The van der Waals surface area contributed by atoms with Gasteiger partial charge in [-0.05, 0) is 55.8 Å². The number of benzene rings is 2. The lowest BCUT2D eigenvalue weighted by molar-refractivity contribution is -0.137. The van der Waals surface area contributed by atoms with Crippen molar-refractivity contribution < 1.29 is 27.5 Å². The van der Waals surface area contributed by atoms with Crippen molar-refractivity contribution in [3.05, 3.63) is 71.9 Å². The van der Waals surface area contributed by atoms with E-state index in [9.17, 15) is 27.5 Å². The minimum Gasteiger partial charge on any atom is -0.384 e. The second kappa shape index (κ2) is 8.55. The fourth-order valence-corrected chi connectivity index (χ4v) is 3.54. The molecule has 0 aliphatic heterocycles. The lowest BCUT2D eigenvalue weighted by atomic mass is 10.0. The minimum atomic E-state index is -4.68. The van der Waals surface area contributed by atoms with E-state index in [1.54, 1.807) is 44.2 Å². The average molecular weight is 488 g/mol. The van der Waals surface area contributed by atoms with Crippen LogP contribution in [0, 0.1) is 5.82 Å². The van der Waals surface area contributed by atoms with E-state index in [1.165, 1.54) is 10.8 Å². The summed E-state index contributed by atoms with van der Waals surface area (Å²) in [5.74, 6) is -0.804. The molecule has 182 valence electrons. The monoisotopic (exact) mass is 488 g/mol. The smallest absolute Gasteiger partial charge is 0.384 e. The first-order valence-electron chi connectivity index (χ1n) is 10.2. The maximum atomic E-state index is 13.9. The number of carbonyl (C=O) groups is 1. The molecule has 8 nitrogen and oxygen atoms in total. The van der Waals surface area contributed by atoms with Crippen LogP contribution in [0.3, 0.4) is 0 Å². The minimum absolute atomic E-state index is 0.204. The maximum absolute atomic E-state index is 13.9. The molecule has 0 saturated heterocycles. The number of fused-ring (bicyclic) bond motifs is 1. The number of aliphatic hydroxyl groups is 1. The summed E-state index contributed by atoms with van der Waals surface area (Å²) >= 11 is 0. The SMILES string of the molecule is CC(C)(O)c1cc(-c2ccc(NC(=O)Nc3cc(C(F)(F)F)ccc3F)cc2)c2c(N)ncnn12. The Morgan fingerprint density at radius 3 is 2.37 bits per heavy atom. The van der Waals surface area contributed by atoms with Gasteiger partial charge >= 0.3 is 12.2 Å². The van der Waals surface area contributed by atoms with Crippen molar-refractivity contribution in [3.8, 4) is 11.1 Å². The van der Waals surface area contributed by atoms with Crippen LogP contribution in [0.15, 0.2) is 54.9 Å². The van der Waals surface area contributed by atoms with Crippen molar-refractivity contribution in [2.75, 3.05) is 16.4 Å². The molecule has 0 spiro atoms. The lowest BCUT2D eigenvalue weighted by Crippen LogP contribution is -2.20. The molecule has 5 N–H and O–H groups in total. The highest BCUT2D eigenvalue weighted by Crippen LogP contribution is 2.35.